The van der Waals surface area contributed by atoms with Gasteiger partial charge >= 0.3 is 0 Å². The van der Waals surface area contributed by atoms with E-state index in [0.717, 1.165) is 32.4 Å². The number of nitrogens with one attached hydrogen (secondary N) is 2. The summed E-state index contributed by atoms with van der Waals surface area (Å²) in [7, 11) is -2.57. The molecule has 1 amide bonds. The number of carbonyl (C=O) groups is 1. The molecule has 3 aromatic carbocycles. The van der Waals surface area contributed by atoms with Crippen LogP contribution < -0.4 is 24.6 Å². The first kappa shape index (κ1) is 29.1. The van der Waals surface area contributed by atoms with Gasteiger partial charge in [-0.1, -0.05) is 0 Å². The molecule has 13 heteroatoms. The summed E-state index contributed by atoms with van der Waals surface area (Å²) in [6.45, 7) is 3.37. The van der Waals surface area contributed by atoms with Crippen LogP contribution in [0.25, 0.3) is 0 Å². The number of carbonyl (C=O) groups excluding carboxylic acids is 1. The van der Waals surface area contributed by atoms with Gasteiger partial charge in [0.25, 0.3) is 21.6 Å². The van der Waals surface area contributed by atoms with Crippen molar-refractivity contribution in [2.45, 2.75) is 24.2 Å². The third kappa shape index (κ3) is 6.58. The lowest BCUT2D eigenvalue weighted by Crippen LogP contribution is -2.37. The maximum absolute atomic E-state index is 13.6. The molecule has 12 nitrogen and oxygen atoms in total. The molecule has 222 valence electrons. The van der Waals surface area contributed by atoms with Crippen molar-refractivity contribution in [3.8, 4) is 5.75 Å². The van der Waals surface area contributed by atoms with Gasteiger partial charge in [-0.25, -0.2) is 8.42 Å². The first-order valence-corrected chi connectivity index (χ1v) is 15.2. The summed E-state index contributed by atoms with van der Waals surface area (Å²) in [5.41, 5.74) is 1.50. The molecule has 5 rings (SSSR count). The third-order valence-electron chi connectivity index (χ3n) is 7.33. The molecule has 0 atom stereocenters. The topological polar surface area (TPSA) is 143 Å². The van der Waals surface area contributed by atoms with E-state index in [1.54, 1.807) is 48.5 Å². The van der Waals surface area contributed by atoms with Gasteiger partial charge in [-0.2, -0.15) is 0 Å². The predicted molar refractivity (Wildman–Crippen MR) is 160 cm³/mol. The number of anilines is 4. The molecule has 2 aliphatic rings. The number of amides is 1. The van der Waals surface area contributed by atoms with Crippen LogP contribution in [0.2, 0.25) is 0 Å². The molecule has 0 aromatic heterocycles. The number of methoxy groups -OCH3 is 1. The Morgan fingerprint density at radius 1 is 0.881 bits per heavy atom. The second kappa shape index (κ2) is 12.7. The van der Waals surface area contributed by atoms with E-state index in [2.05, 4.69) is 10.0 Å². The Hall–Kier alpha value is -4.36. The maximum Gasteiger partial charge on any atom is 0.293 e. The van der Waals surface area contributed by atoms with Crippen LogP contribution in [-0.4, -0.2) is 65.8 Å². The Labute approximate surface area is 244 Å². The van der Waals surface area contributed by atoms with Gasteiger partial charge < -0.3 is 24.6 Å². The highest BCUT2D eigenvalue weighted by Gasteiger charge is 2.26. The molecule has 0 bridgehead atoms. The van der Waals surface area contributed by atoms with Crippen molar-refractivity contribution >= 4 is 44.4 Å². The van der Waals surface area contributed by atoms with Gasteiger partial charge in [-0.3, -0.25) is 19.6 Å². The highest BCUT2D eigenvalue weighted by molar-refractivity contribution is 7.92. The molecule has 2 fully saturated rings. The molecule has 2 N–H and O–H groups in total. The lowest BCUT2D eigenvalue weighted by atomic mass is 10.1. The monoisotopic (exact) mass is 595 g/mol. The van der Waals surface area contributed by atoms with Gasteiger partial charge in [0.2, 0.25) is 0 Å². The van der Waals surface area contributed by atoms with Gasteiger partial charge in [0, 0.05) is 49.2 Å². The number of benzene rings is 3. The molecule has 0 unspecified atom stereocenters. The van der Waals surface area contributed by atoms with Crippen molar-refractivity contribution in [1.29, 1.82) is 0 Å². The van der Waals surface area contributed by atoms with Gasteiger partial charge in [0.1, 0.15) is 16.3 Å². The SMILES string of the molecule is COc1ccc(NS(=O)(=O)c2cc(NC(=O)c3ccc(N4CCCCC4)c([N+](=O)[O-])c3)ccc2N2CCOCC2)cc1. The summed E-state index contributed by atoms with van der Waals surface area (Å²) in [5, 5.41) is 14.6. The molecule has 3 aromatic rings. The van der Waals surface area contributed by atoms with Crippen molar-refractivity contribution in [3.05, 3.63) is 76.3 Å². The van der Waals surface area contributed by atoms with E-state index in [1.807, 2.05) is 9.80 Å². The number of hydrogen-bond donors (Lipinski definition) is 2. The number of sulfonamides is 1. The molecule has 2 saturated heterocycles. The zero-order chi connectivity index (χ0) is 29.7. The Morgan fingerprint density at radius 2 is 1.52 bits per heavy atom. The molecule has 42 heavy (non-hydrogen) atoms. The normalized spacial score (nSPS) is 15.6. The van der Waals surface area contributed by atoms with Crippen molar-refractivity contribution in [2.24, 2.45) is 0 Å². The number of nitrogens with zero attached hydrogens (tertiary/aromatic N) is 3. The van der Waals surface area contributed by atoms with E-state index in [-0.39, 0.29) is 21.8 Å². The first-order chi connectivity index (χ1) is 20.2. The highest BCUT2D eigenvalue weighted by atomic mass is 32.2. The van der Waals surface area contributed by atoms with Crippen molar-refractivity contribution < 1.29 is 27.6 Å². The summed E-state index contributed by atoms with van der Waals surface area (Å²) in [6, 6.07) is 15.6. The van der Waals surface area contributed by atoms with Crippen LogP contribution in [0.1, 0.15) is 29.6 Å². The average Bonchev–Trinajstić information content (AvgIpc) is 3.01. The van der Waals surface area contributed by atoms with Crippen LogP contribution >= 0.6 is 0 Å². The molecule has 0 saturated carbocycles. The number of nitro groups is 1. The summed E-state index contributed by atoms with van der Waals surface area (Å²) in [4.78, 5) is 28.5. The van der Waals surface area contributed by atoms with Crippen molar-refractivity contribution in [1.82, 2.24) is 0 Å². The fraction of sp³-hybridized carbons (Fsp3) is 0.345. The van der Waals surface area contributed by atoms with Crippen LogP contribution in [0.3, 0.4) is 0 Å². The number of nitro benzene ring substituents is 1. The van der Waals surface area contributed by atoms with Crippen LogP contribution in [0.15, 0.2) is 65.6 Å². The van der Waals surface area contributed by atoms with E-state index in [0.29, 0.717) is 49.1 Å². The zero-order valence-corrected chi connectivity index (χ0v) is 24.1. The predicted octanol–water partition coefficient (Wildman–Crippen LogP) is 4.48. The average molecular weight is 596 g/mol. The Balaban J connectivity index is 1.43. The lowest BCUT2D eigenvalue weighted by Gasteiger charge is -2.30. The Kier molecular flexibility index (Phi) is 8.78. The van der Waals surface area contributed by atoms with Crippen LogP contribution in [0, 0.1) is 10.1 Å². The summed E-state index contributed by atoms with van der Waals surface area (Å²) in [6.07, 6.45) is 3.00. The largest absolute Gasteiger partial charge is 0.497 e. The van der Waals surface area contributed by atoms with Crippen LogP contribution in [0.4, 0.5) is 28.4 Å². The van der Waals surface area contributed by atoms with E-state index in [1.165, 1.54) is 19.2 Å². The minimum atomic E-state index is -4.09. The van der Waals surface area contributed by atoms with Crippen LogP contribution in [-0.2, 0) is 14.8 Å². The molecule has 2 aliphatic heterocycles. The maximum atomic E-state index is 13.6. The van der Waals surface area contributed by atoms with Gasteiger partial charge in [0.15, 0.2) is 0 Å². The van der Waals surface area contributed by atoms with E-state index in [4.69, 9.17) is 9.47 Å². The Bertz CT molecular complexity index is 1550. The number of piperidine rings is 1. The molecule has 0 radical (unpaired) electrons. The molecular weight excluding hydrogens is 562 g/mol. The first-order valence-electron chi connectivity index (χ1n) is 13.7. The standard InChI is InChI=1S/C29H33N5O7S/c1-40-24-9-6-22(7-10-24)31-42(38,39)28-20-23(8-12-26(28)33-15-17-41-18-16-33)30-29(35)21-5-11-25(27(19-21)34(36)37)32-13-3-2-4-14-32/h5-12,19-20,31H,2-4,13-18H2,1H3,(H,30,35). The highest BCUT2D eigenvalue weighted by Crippen LogP contribution is 2.33. The van der Waals surface area contributed by atoms with E-state index in [9.17, 15) is 23.3 Å². The molecule has 2 heterocycles. The van der Waals surface area contributed by atoms with E-state index < -0.39 is 20.9 Å². The lowest BCUT2D eigenvalue weighted by molar-refractivity contribution is -0.384. The van der Waals surface area contributed by atoms with Crippen molar-refractivity contribution in [3.63, 3.8) is 0 Å². The number of morpholine rings is 1. The van der Waals surface area contributed by atoms with Gasteiger partial charge in [-0.15, -0.1) is 0 Å². The number of ether oxygens (including phenoxy) is 2. The summed E-state index contributed by atoms with van der Waals surface area (Å²) >= 11 is 0. The molecular formula is C29H33N5O7S. The fourth-order valence-corrected chi connectivity index (χ4v) is 6.47. The quantitative estimate of drug-likeness (QED) is 0.270. The second-order valence-corrected chi connectivity index (χ2v) is 11.7. The van der Waals surface area contributed by atoms with E-state index >= 15 is 0 Å². The minimum absolute atomic E-state index is 0.0237. The zero-order valence-electron chi connectivity index (χ0n) is 23.2. The summed E-state index contributed by atoms with van der Waals surface area (Å²) in [5.74, 6) is -0.00487. The Morgan fingerprint density at radius 3 is 2.19 bits per heavy atom. The second-order valence-electron chi connectivity index (χ2n) is 10.1. The smallest absolute Gasteiger partial charge is 0.293 e. The molecule has 0 aliphatic carbocycles. The van der Waals surface area contributed by atoms with Crippen LogP contribution in [0.5, 0.6) is 5.75 Å². The summed E-state index contributed by atoms with van der Waals surface area (Å²) < 4.78 is 40.5. The molecule has 0 spiro atoms. The van der Waals surface area contributed by atoms with Gasteiger partial charge in [0.05, 0.1) is 30.9 Å². The van der Waals surface area contributed by atoms with Gasteiger partial charge in [-0.05, 0) is 73.9 Å². The number of rotatable bonds is 9. The third-order valence-corrected chi connectivity index (χ3v) is 8.74. The van der Waals surface area contributed by atoms with Crippen molar-refractivity contribution in [2.75, 3.05) is 66.3 Å². The number of hydrogen-bond acceptors (Lipinski definition) is 9. The minimum Gasteiger partial charge on any atom is -0.497 e. The fourth-order valence-electron chi connectivity index (χ4n) is 5.16.